The molecule has 1 atom stereocenters. The van der Waals surface area contributed by atoms with Crippen molar-refractivity contribution in [2.45, 2.75) is 19.3 Å². The number of hydrogen-bond acceptors (Lipinski definition) is 1. The molecule has 0 aliphatic heterocycles. The Bertz CT molecular complexity index is 151. The molecule has 0 radical (unpaired) electrons. The zero-order valence-corrected chi connectivity index (χ0v) is 5.39. The van der Waals surface area contributed by atoms with E-state index >= 15 is 0 Å². The van der Waals surface area contributed by atoms with E-state index in [2.05, 4.69) is 6.58 Å². The van der Waals surface area contributed by atoms with Crippen molar-refractivity contribution in [3.63, 3.8) is 0 Å². The first-order valence-corrected chi connectivity index (χ1v) is 3.16. The summed E-state index contributed by atoms with van der Waals surface area (Å²) in [5, 5.41) is 0. The summed E-state index contributed by atoms with van der Waals surface area (Å²) in [5.41, 5.74) is 6.25. The Morgan fingerprint density at radius 2 is 2.44 bits per heavy atom. The van der Waals surface area contributed by atoms with Crippen molar-refractivity contribution in [3.05, 3.63) is 12.2 Å². The zero-order valence-electron chi connectivity index (χ0n) is 5.39. The molecule has 0 spiro atoms. The molecule has 1 rings (SSSR count). The van der Waals surface area contributed by atoms with Gasteiger partial charge in [0.2, 0.25) is 5.91 Å². The highest BCUT2D eigenvalue weighted by Gasteiger charge is 2.22. The SMILES string of the molecule is C=C1CC[C@H](C(N)=O)C1. The zero-order chi connectivity index (χ0) is 6.85. The molecule has 1 amide bonds. The Morgan fingerprint density at radius 1 is 1.78 bits per heavy atom. The molecule has 2 N–H and O–H groups in total. The standard InChI is InChI=1S/C7H11NO/c1-5-2-3-6(4-5)7(8)9/h6H,1-4H2,(H2,8,9)/t6-/m0/s1. The number of primary amides is 1. The number of nitrogens with two attached hydrogens (primary N) is 1. The van der Waals surface area contributed by atoms with Gasteiger partial charge in [0.1, 0.15) is 0 Å². The molecule has 0 heterocycles. The van der Waals surface area contributed by atoms with Crippen LogP contribution in [0.4, 0.5) is 0 Å². The minimum atomic E-state index is -0.173. The van der Waals surface area contributed by atoms with Gasteiger partial charge in [-0.15, -0.1) is 0 Å². The summed E-state index contributed by atoms with van der Waals surface area (Å²) in [6.07, 6.45) is 2.71. The molecule has 0 aromatic heterocycles. The second-order valence-corrected chi connectivity index (χ2v) is 2.59. The van der Waals surface area contributed by atoms with Crippen LogP contribution >= 0.6 is 0 Å². The van der Waals surface area contributed by atoms with E-state index < -0.39 is 0 Å². The van der Waals surface area contributed by atoms with Gasteiger partial charge in [0.25, 0.3) is 0 Å². The van der Waals surface area contributed by atoms with Gasteiger partial charge in [0.15, 0.2) is 0 Å². The van der Waals surface area contributed by atoms with Crippen LogP contribution in [0.1, 0.15) is 19.3 Å². The minimum absolute atomic E-state index is 0.0810. The number of carbonyl (C=O) groups is 1. The van der Waals surface area contributed by atoms with Crippen LogP contribution in [0.2, 0.25) is 0 Å². The Balaban J connectivity index is 2.48. The number of carbonyl (C=O) groups excluding carboxylic acids is 1. The van der Waals surface area contributed by atoms with E-state index in [0.717, 1.165) is 19.3 Å². The molecule has 0 saturated heterocycles. The molecular weight excluding hydrogens is 114 g/mol. The predicted octanol–water partition coefficient (Wildman–Crippen LogP) is 0.828. The lowest BCUT2D eigenvalue weighted by Gasteiger charge is -1.99. The van der Waals surface area contributed by atoms with Gasteiger partial charge in [0, 0.05) is 5.92 Å². The molecule has 0 unspecified atom stereocenters. The number of allylic oxidation sites excluding steroid dienone is 1. The summed E-state index contributed by atoms with van der Waals surface area (Å²) < 4.78 is 0. The van der Waals surface area contributed by atoms with E-state index in [1.807, 2.05) is 0 Å². The maximum atomic E-state index is 10.5. The van der Waals surface area contributed by atoms with E-state index in [4.69, 9.17) is 5.73 Å². The lowest BCUT2D eigenvalue weighted by atomic mass is 10.1. The molecule has 1 aliphatic carbocycles. The van der Waals surface area contributed by atoms with Crippen LogP contribution in [-0.2, 0) is 4.79 Å². The van der Waals surface area contributed by atoms with E-state index in [-0.39, 0.29) is 11.8 Å². The minimum Gasteiger partial charge on any atom is -0.369 e. The summed E-state index contributed by atoms with van der Waals surface area (Å²) in [5.74, 6) is -0.0915. The number of rotatable bonds is 1. The first kappa shape index (κ1) is 6.33. The Kier molecular flexibility index (Phi) is 1.56. The molecule has 0 aromatic carbocycles. The van der Waals surface area contributed by atoms with Gasteiger partial charge in [-0.3, -0.25) is 4.79 Å². The van der Waals surface area contributed by atoms with Crippen LogP contribution in [0, 0.1) is 5.92 Å². The van der Waals surface area contributed by atoms with Gasteiger partial charge in [-0.25, -0.2) is 0 Å². The first-order chi connectivity index (χ1) is 4.20. The molecule has 2 nitrogen and oxygen atoms in total. The monoisotopic (exact) mass is 125 g/mol. The molecule has 1 aliphatic rings. The van der Waals surface area contributed by atoms with Crippen LogP contribution in [-0.4, -0.2) is 5.91 Å². The molecule has 1 fully saturated rings. The van der Waals surface area contributed by atoms with Gasteiger partial charge in [-0.05, 0) is 19.3 Å². The van der Waals surface area contributed by atoms with Crippen molar-refractivity contribution in [2.24, 2.45) is 11.7 Å². The van der Waals surface area contributed by atoms with Crippen molar-refractivity contribution < 1.29 is 4.79 Å². The third-order valence-electron chi connectivity index (χ3n) is 1.78. The summed E-state index contributed by atoms with van der Waals surface area (Å²) in [6.45, 7) is 3.78. The molecule has 0 bridgehead atoms. The average Bonchev–Trinajstić information content (AvgIpc) is 2.14. The second kappa shape index (κ2) is 2.21. The van der Waals surface area contributed by atoms with E-state index in [9.17, 15) is 4.79 Å². The van der Waals surface area contributed by atoms with Gasteiger partial charge in [-0.2, -0.15) is 0 Å². The summed E-state index contributed by atoms with van der Waals surface area (Å²) in [6, 6.07) is 0. The largest absolute Gasteiger partial charge is 0.369 e. The van der Waals surface area contributed by atoms with Gasteiger partial charge < -0.3 is 5.73 Å². The normalized spacial score (nSPS) is 26.7. The summed E-state index contributed by atoms with van der Waals surface area (Å²) >= 11 is 0. The number of amides is 1. The third-order valence-corrected chi connectivity index (χ3v) is 1.78. The van der Waals surface area contributed by atoms with Crippen molar-refractivity contribution in [1.29, 1.82) is 0 Å². The fourth-order valence-electron chi connectivity index (χ4n) is 1.17. The van der Waals surface area contributed by atoms with E-state index in [1.54, 1.807) is 0 Å². The van der Waals surface area contributed by atoms with E-state index in [1.165, 1.54) is 5.57 Å². The van der Waals surface area contributed by atoms with Crippen molar-refractivity contribution in [2.75, 3.05) is 0 Å². The molecule has 0 aromatic rings. The van der Waals surface area contributed by atoms with E-state index in [0.29, 0.717) is 0 Å². The van der Waals surface area contributed by atoms with Crippen molar-refractivity contribution in [1.82, 2.24) is 0 Å². The smallest absolute Gasteiger partial charge is 0.220 e. The van der Waals surface area contributed by atoms with Gasteiger partial charge in [0.05, 0.1) is 0 Å². The topological polar surface area (TPSA) is 43.1 Å². The predicted molar refractivity (Wildman–Crippen MR) is 35.7 cm³/mol. The third kappa shape index (κ3) is 1.31. The lowest BCUT2D eigenvalue weighted by molar-refractivity contribution is -0.121. The fraction of sp³-hybridized carbons (Fsp3) is 0.571. The van der Waals surface area contributed by atoms with Crippen LogP contribution in [0.15, 0.2) is 12.2 Å². The molecule has 2 heteroatoms. The fourth-order valence-corrected chi connectivity index (χ4v) is 1.17. The Labute approximate surface area is 54.7 Å². The van der Waals surface area contributed by atoms with Crippen LogP contribution in [0.25, 0.3) is 0 Å². The van der Waals surface area contributed by atoms with Gasteiger partial charge in [-0.1, -0.05) is 12.2 Å². The quantitative estimate of drug-likeness (QED) is 0.518. The van der Waals surface area contributed by atoms with Crippen LogP contribution in [0.3, 0.4) is 0 Å². The maximum absolute atomic E-state index is 10.5. The highest BCUT2D eigenvalue weighted by atomic mass is 16.1. The average molecular weight is 125 g/mol. The molecule has 50 valence electrons. The van der Waals surface area contributed by atoms with Crippen LogP contribution in [0.5, 0.6) is 0 Å². The second-order valence-electron chi connectivity index (χ2n) is 2.59. The molecular formula is C7H11NO. The number of hydrogen-bond donors (Lipinski definition) is 1. The van der Waals surface area contributed by atoms with Gasteiger partial charge >= 0.3 is 0 Å². The highest BCUT2D eigenvalue weighted by Crippen LogP contribution is 2.27. The Morgan fingerprint density at radius 3 is 2.67 bits per heavy atom. The van der Waals surface area contributed by atoms with Crippen LogP contribution < -0.4 is 5.73 Å². The molecule has 9 heavy (non-hydrogen) atoms. The van der Waals surface area contributed by atoms with Crippen molar-refractivity contribution in [3.8, 4) is 0 Å². The Hall–Kier alpha value is -0.790. The molecule has 1 saturated carbocycles. The summed E-state index contributed by atoms with van der Waals surface area (Å²) in [4.78, 5) is 10.5. The highest BCUT2D eigenvalue weighted by molar-refractivity contribution is 5.77. The van der Waals surface area contributed by atoms with Crippen molar-refractivity contribution >= 4 is 5.91 Å². The maximum Gasteiger partial charge on any atom is 0.220 e. The first-order valence-electron chi connectivity index (χ1n) is 3.16. The lowest BCUT2D eigenvalue weighted by Crippen LogP contribution is -2.20. The summed E-state index contributed by atoms with van der Waals surface area (Å²) in [7, 11) is 0.